The third kappa shape index (κ3) is 5.76. The highest BCUT2D eigenvalue weighted by atomic mass is 16.5. The van der Waals surface area contributed by atoms with Crippen LogP contribution in [0.4, 0.5) is 5.69 Å². The maximum absolute atomic E-state index is 11.4. The van der Waals surface area contributed by atoms with Gasteiger partial charge in [0, 0.05) is 6.54 Å². The molecule has 4 N–H and O–H groups in total. The Morgan fingerprint density at radius 3 is 2.63 bits per heavy atom. The summed E-state index contributed by atoms with van der Waals surface area (Å²) in [4.78, 5) is 22.5. The van der Waals surface area contributed by atoms with Crippen molar-refractivity contribution in [1.29, 1.82) is 0 Å². The van der Waals surface area contributed by atoms with Crippen molar-refractivity contribution < 1.29 is 14.3 Å². The minimum absolute atomic E-state index is 0.0137. The summed E-state index contributed by atoms with van der Waals surface area (Å²) in [5.41, 5.74) is 6.22. The van der Waals surface area contributed by atoms with E-state index < -0.39 is 0 Å². The van der Waals surface area contributed by atoms with Crippen LogP contribution in [0.1, 0.15) is 13.3 Å². The first-order valence-electron chi connectivity index (χ1n) is 6.14. The van der Waals surface area contributed by atoms with Crippen molar-refractivity contribution in [3.63, 3.8) is 0 Å². The summed E-state index contributed by atoms with van der Waals surface area (Å²) < 4.78 is 5.38. The Hall–Kier alpha value is -2.24. The van der Waals surface area contributed by atoms with Gasteiger partial charge in [-0.3, -0.25) is 9.59 Å². The SMILES string of the molecule is CCNC(=O)CNC(=O)CCOc1ccccc1N. The van der Waals surface area contributed by atoms with Crippen LogP contribution in [0.2, 0.25) is 0 Å². The van der Waals surface area contributed by atoms with Crippen molar-refractivity contribution in [2.24, 2.45) is 0 Å². The molecule has 0 aliphatic heterocycles. The van der Waals surface area contributed by atoms with Crippen LogP contribution in [0, 0.1) is 0 Å². The van der Waals surface area contributed by atoms with Crippen molar-refractivity contribution in [2.75, 3.05) is 25.4 Å². The van der Waals surface area contributed by atoms with Crippen LogP contribution in [0.3, 0.4) is 0 Å². The molecule has 2 amide bonds. The number of rotatable bonds is 7. The van der Waals surface area contributed by atoms with Crippen LogP contribution >= 0.6 is 0 Å². The average molecular weight is 265 g/mol. The van der Waals surface area contributed by atoms with E-state index in [1.54, 1.807) is 24.3 Å². The van der Waals surface area contributed by atoms with E-state index in [9.17, 15) is 9.59 Å². The smallest absolute Gasteiger partial charge is 0.239 e. The molecule has 0 saturated carbocycles. The fraction of sp³-hybridized carbons (Fsp3) is 0.385. The van der Waals surface area contributed by atoms with Gasteiger partial charge in [-0.2, -0.15) is 0 Å². The van der Waals surface area contributed by atoms with E-state index in [4.69, 9.17) is 10.5 Å². The number of nitrogens with one attached hydrogen (secondary N) is 2. The molecule has 0 spiro atoms. The maximum atomic E-state index is 11.4. The number of para-hydroxylation sites is 2. The van der Waals surface area contributed by atoms with Gasteiger partial charge in [0.1, 0.15) is 5.75 Å². The minimum Gasteiger partial charge on any atom is -0.491 e. The van der Waals surface area contributed by atoms with Gasteiger partial charge in [0.05, 0.1) is 25.3 Å². The number of carbonyl (C=O) groups is 2. The number of ether oxygens (including phenoxy) is 1. The summed E-state index contributed by atoms with van der Waals surface area (Å²) in [5, 5.41) is 5.09. The Kier molecular flexibility index (Phi) is 6.21. The zero-order valence-electron chi connectivity index (χ0n) is 10.9. The molecule has 104 valence electrons. The number of nitrogen functional groups attached to an aromatic ring is 1. The molecule has 0 aromatic heterocycles. The lowest BCUT2D eigenvalue weighted by molar-refractivity contribution is -0.126. The molecule has 0 aliphatic rings. The molecular weight excluding hydrogens is 246 g/mol. The van der Waals surface area contributed by atoms with Crippen LogP contribution in [0.15, 0.2) is 24.3 Å². The van der Waals surface area contributed by atoms with Crippen LogP contribution in [0.25, 0.3) is 0 Å². The summed E-state index contributed by atoms with van der Waals surface area (Å²) >= 11 is 0. The Labute approximate surface area is 112 Å². The molecule has 0 bridgehead atoms. The monoisotopic (exact) mass is 265 g/mol. The summed E-state index contributed by atoms with van der Waals surface area (Å²) in [6.45, 7) is 2.57. The number of amides is 2. The van der Waals surface area contributed by atoms with Gasteiger partial charge >= 0.3 is 0 Å². The molecule has 6 heteroatoms. The minimum atomic E-state index is -0.235. The molecule has 0 aliphatic carbocycles. The highest BCUT2D eigenvalue weighted by molar-refractivity contribution is 5.84. The number of benzene rings is 1. The fourth-order valence-corrected chi connectivity index (χ4v) is 1.39. The van der Waals surface area contributed by atoms with Crippen LogP contribution in [0.5, 0.6) is 5.75 Å². The lowest BCUT2D eigenvalue weighted by Gasteiger charge is -2.08. The molecule has 1 rings (SSSR count). The number of carbonyl (C=O) groups excluding carboxylic acids is 2. The van der Waals surface area contributed by atoms with Gasteiger partial charge in [-0.05, 0) is 19.1 Å². The second-order valence-corrected chi connectivity index (χ2v) is 3.87. The lowest BCUT2D eigenvalue weighted by atomic mass is 10.3. The van der Waals surface area contributed by atoms with Crippen LogP contribution < -0.4 is 21.1 Å². The fourth-order valence-electron chi connectivity index (χ4n) is 1.39. The first-order chi connectivity index (χ1) is 9.13. The van der Waals surface area contributed by atoms with Gasteiger partial charge in [0.25, 0.3) is 0 Å². The topological polar surface area (TPSA) is 93.5 Å². The third-order valence-electron chi connectivity index (χ3n) is 2.33. The average Bonchev–Trinajstić information content (AvgIpc) is 2.39. The second-order valence-electron chi connectivity index (χ2n) is 3.87. The standard InChI is InChI=1S/C13H19N3O3/c1-2-15-13(18)9-16-12(17)7-8-19-11-6-4-3-5-10(11)14/h3-6H,2,7-9,14H2,1H3,(H,15,18)(H,16,17). The largest absolute Gasteiger partial charge is 0.491 e. The van der Waals surface area contributed by atoms with Gasteiger partial charge in [0.2, 0.25) is 11.8 Å². The van der Waals surface area contributed by atoms with Crippen molar-refractivity contribution in [3.8, 4) is 5.75 Å². The van der Waals surface area contributed by atoms with Gasteiger partial charge in [-0.25, -0.2) is 0 Å². The number of hydrogen-bond donors (Lipinski definition) is 3. The van der Waals surface area contributed by atoms with Crippen LogP contribution in [-0.4, -0.2) is 31.5 Å². The van der Waals surface area contributed by atoms with Gasteiger partial charge in [-0.1, -0.05) is 12.1 Å². The normalized spacial score (nSPS) is 9.74. The first-order valence-corrected chi connectivity index (χ1v) is 6.14. The lowest BCUT2D eigenvalue weighted by Crippen LogP contribution is -2.37. The Balaban J connectivity index is 2.21. The van der Waals surface area contributed by atoms with Gasteiger partial charge in [-0.15, -0.1) is 0 Å². The Morgan fingerprint density at radius 2 is 1.95 bits per heavy atom. The van der Waals surface area contributed by atoms with Crippen LogP contribution in [-0.2, 0) is 9.59 Å². The number of hydrogen-bond acceptors (Lipinski definition) is 4. The zero-order valence-corrected chi connectivity index (χ0v) is 10.9. The van der Waals surface area contributed by atoms with E-state index >= 15 is 0 Å². The number of anilines is 1. The highest BCUT2D eigenvalue weighted by Crippen LogP contribution is 2.19. The van der Waals surface area contributed by atoms with E-state index in [-0.39, 0.29) is 31.4 Å². The second kappa shape index (κ2) is 7.97. The van der Waals surface area contributed by atoms with Crippen molar-refractivity contribution >= 4 is 17.5 Å². The highest BCUT2D eigenvalue weighted by Gasteiger charge is 2.05. The predicted molar refractivity (Wildman–Crippen MR) is 72.7 cm³/mol. The quantitative estimate of drug-likeness (QED) is 0.618. The summed E-state index contributed by atoms with van der Waals surface area (Å²) in [6, 6.07) is 7.08. The van der Waals surface area contributed by atoms with E-state index in [0.717, 1.165) is 0 Å². The molecule has 0 atom stereocenters. The summed E-state index contributed by atoms with van der Waals surface area (Å²) in [5.74, 6) is 0.115. The molecule has 1 aromatic rings. The molecular formula is C13H19N3O3. The predicted octanol–water partition coefficient (Wildman–Crippen LogP) is 0.290. The number of nitrogens with two attached hydrogens (primary N) is 1. The van der Waals surface area contributed by atoms with Gasteiger partial charge < -0.3 is 21.1 Å². The first kappa shape index (κ1) is 14.8. The van der Waals surface area contributed by atoms with E-state index in [1.807, 2.05) is 6.92 Å². The molecule has 0 unspecified atom stereocenters. The Morgan fingerprint density at radius 1 is 1.21 bits per heavy atom. The molecule has 6 nitrogen and oxygen atoms in total. The summed E-state index contributed by atoms with van der Waals surface area (Å²) in [6.07, 6.45) is 0.174. The molecule has 1 aromatic carbocycles. The zero-order chi connectivity index (χ0) is 14.1. The van der Waals surface area contributed by atoms with Crippen molar-refractivity contribution in [1.82, 2.24) is 10.6 Å². The third-order valence-corrected chi connectivity index (χ3v) is 2.33. The van der Waals surface area contributed by atoms with E-state index in [1.165, 1.54) is 0 Å². The van der Waals surface area contributed by atoms with E-state index in [0.29, 0.717) is 18.0 Å². The molecule has 0 heterocycles. The van der Waals surface area contributed by atoms with Crippen molar-refractivity contribution in [3.05, 3.63) is 24.3 Å². The van der Waals surface area contributed by atoms with E-state index in [2.05, 4.69) is 10.6 Å². The summed E-state index contributed by atoms with van der Waals surface area (Å²) in [7, 11) is 0. The molecule has 0 fully saturated rings. The Bertz CT molecular complexity index is 435. The van der Waals surface area contributed by atoms with Gasteiger partial charge in [0.15, 0.2) is 0 Å². The molecule has 0 radical (unpaired) electrons. The maximum Gasteiger partial charge on any atom is 0.239 e. The van der Waals surface area contributed by atoms with Crippen molar-refractivity contribution in [2.45, 2.75) is 13.3 Å². The molecule has 0 saturated heterocycles. The molecule has 19 heavy (non-hydrogen) atoms. The number of likely N-dealkylation sites (N-methyl/N-ethyl adjacent to an activating group) is 1.